The van der Waals surface area contributed by atoms with Crippen LogP contribution in [0.2, 0.25) is 0 Å². The Labute approximate surface area is 137 Å². The highest BCUT2D eigenvalue weighted by Crippen LogP contribution is 2.28. The van der Waals surface area contributed by atoms with Crippen LogP contribution in [-0.4, -0.2) is 15.9 Å². The number of aromatic nitrogens is 2. The molecule has 3 rings (SSSR count). The van der Waals surface area contributed by atoms with Crippen molar-refractivity contribution in [1.29, 1.82) is 0 Å². The van der Waals surface area contributed by atoms with E-state index in [1.54, 1.807) is 25.3 Å². The summed E-state index contributed by atoms with van der Waals surface area (Å²) in [5.41, 5.74) is 2.25. The van der Waals surface area contributed by atoms with Crippen LogP contribution in [0.5, 0.6) is 0 Å². The zero-order chi connectivity index (χ0) is 16.2. The fourth-order valence-electron chi connectivity index (χ4n) is 2.08. The van der Waals surface area contributed by atoms with E-state index >= 15 is 0 Å². The van der Waals surface area contributed by atoms with E-state index in [0.29, 0.717) is 22.1 Å². The number of hydrogen-bond donors (Lipinski definition) is 1. The van der Waals surface area contributed by atoms with Crippen LogP contribution in [0.15, 0.2) is 48.7 Å². The SMILES string of the molecule is Cc1nc(-c2ccc(F)cc2)sc1C(=O)NCc1ccccn1. The lowest BCUT2D eigenvalue weighted by atomic mass is 10.2. The third kappa shape index (κ3) is 3.60. The van der Waals surface area contributed by atoms with E-state index in [2.05, 4.69) is 15.3 Å². The smallest absolute Gasteiger partial charge is 0.263 e. The van der Waals surface area contributed by atoms with Crippen LogP contribution in [0, 0.1) is 12.7 Å². The molecular weight excluding hydrogens is 313 g/mol. The van der Waals surface area contributed by atoms with Crippen LogP contribution >= 0.6 is 11.3 Å². The molecule has 0 aliphatic rings. The van der Waals surface area contributed by atoms with Crippen molar-refractivity contribution in [3.05, 3.63) is 70.7 Å². The molecule has 2 heterocycles. The van der Waals surface area contributed by atoms with Gasteiger partial charge in [0.05, 0.1) is 17.9 Å². The van der Waals surface area contributed by atoms with Crippen LogP contribution in [0.3, 0.4) is 0 Å². The Balaban J connectivity index is 1.75. The van der Waals surface area contributed by atoms with E-state index < -0.39 is 0 Å². The first-order chi connectivity index (χ1) is 11.1. The summed E-state index contributed by atoms with van der Waals surface area (Å²) in [6, 6.07) is 11.6. The second-order valence-electron chi connectivity index (χ2n) is 4.94. The Morgan fingerprint density at radius 3 is 2.70 bits per heavy atom. The second-order valence-corrected chi connectivity index (χ2v) is 5.94. The predicted octanol–water partition coefficient (Wildman–Crippen LogP) is 3.58. The van der Waals surface area contributed by atoms with E-state index in [-0.39, 0.29) is 11.7 Å². The van der Waals surface area contributed by atoms with Gasteiger partial charge in [0.2, 0.25) is 0 Å². The molecule has 1 aromatic carbocycles. The van der Waals surface area contributed by atoms with Gasteiger partial charge < -0.3 is 5.32 Å². The summed E-state index contributed by atoms with van der Waals surface area (Å²) in [5, 5.41) is 3.54. The number of hydrogen-bond acceptors (Lipinski definition) is 4. The maximum atomic E-state index is 13.0. The third-order valence-corrected chi connectivity index (χ3v) is 4.46. The molecule has 2 aromatic heterocycles. The Morgan fingerprint density at radius 1 is 1.22 bits per heavy atom. The fourth-order valence-corrected chi connectivity index (χ4v) is 3.06. The number of pyridine rings is 1. The average Bonchev–Trinajstić information content (AvgIpc) is 2.96. The minimum Gasteiger partial charge on any atom is -0.346 e. The van der Waals surface area contributed by atoms with Gasteiger partial charge in [-0.05, 0) is 43.3 Å². The summed E-state index contributed by atoms with van der Waals surface area (Å²) in [6.07, 6.45) is 1.69. The first kappa shape index (κ1) is 15.3. The van der Waals surface area contributed by atoms with E-state index in [4.69, 9.17) is 0 Å². The molecule has 4 nitrogen and oxygen atoms in total. The van der Waals surface area contributed by atoms with Gasteiger partial charge in [0, 0.05) is 11.8 Å². The minimum atomic E-state index is -0.296. The molecule has 0 bridgehead atoms. The first-order valence-electron chi connectivity index (χ1n) is 7.05. The standard InChI is InChI=1S/C17H14FN3OS/c1-11-15(16(22)20-10-14-4-2-3-9-19-14)23-17(21-11)12-5-7-13(18)8-6-12/h2-9H,10H2,1H3,(H,20,22). The summed E-state index contributed by atoms with van der Waals surface area (Å²) >= 11 is 1.30. The Morgan fingerprint density at radius 2 is 2.00 bits per heavy atom. The van der Waals surface area contributed by atoms with Gasteiger partial charge in [-0.15, -0.1) is 11.3 Å². The molecule has 116 valence electrons. The predicted molar refractivity (Wildman–Crippen MR) is 87.7 cm³/mol. The summed E-state index contributed by atoms with van der Waals surface area (Å²) in [6.45, 7) is 2.15. The van der Waals surface area contributed by atoms with Gasteiger partial charge >= 0.3 is 0 Å². The van der Waals surface area contributed by atoms with Crippen LogP contribution in [0.25, 0.3) is 10.6 Å². The maximum absolute atomic E-state index is 13.0. The number of amides is 1. The zero-order valence-corrected chi connectivity index (χ0v) is 13.2. The van der Waals surface area contributed by atoms with E-state index in [9.17, 15) is 9.18 Å². The lowest BCUT2D eigenvalue weighted by molar-refractivity contribution is 0.0953. The Kier molecular flexibility index (Phi) is 4.43. The van der Waals surface area contributed by atoms with Crippen molar-refractivity contribution in [2.75, 3.05) is 0 Å². The van der Waals surface area contributed by atoms with Gasteiger partial charge in [-0.25, -0.2) is 9.37 Å². The van der Waals surface area contributed by atoms with Crippen molar-refractivity contribution in [3.63, 3.8) is 0 Å². The van der Waals surface area contributed by atoms with Gasteiger partial charge in [-0.3, -0.25) is 9.78 Å². The van der Waals surface area contributed by atoms with Gasteiger partial charge in [-0.2, -0.15) is 0 Å². The van der Waals surface area contributed by atoms with Crippen molar-refractivity contribution >= 4 is 17.2 Å². The lowest BCUT2D eigenvalue weighted by Gasteiger charge is -2.03. The summed E-state index contributed by atoms with van der Waals surface area (Å²) in [7, 11) is 0. The van der Waals surface area contributed by atoms with Crippen molar-refractivity contribution in [3.8, 4) is 10.6 Å². The molecular formula is C17H14FN3OS. The molecule has 1 N–H and O–H groups in total. The highest BCUT2D eigenvalue weighted by molar-refractivity contribution is 7.17. The van der Waals surface area contributed by atoms with Crippen molar-refractivity contribution in [1.82, 2.24) is 15.3 Å². The van der Waals surface area contributed by atoms with E-state index in [0.717, 1.165) is 11.3 Å². The molecule has 0 saturated heterocycles. The summed E-state index contributed by atoms with van der Waals surface area (Å²) in [4.78, 5) is 21.4. The highest BCUT2D eigenvalue weighted by Gasteiger charge is 2.16. The van der Waals surface area contributed by atoms with Crippen molar-refractivity contribution < 1.29 is 9.18 Å². The number of halogens is 1. The third-order valence-electron chi connectivity index (χ3n) is 3.25. The zero-order valence-electron chi connectivity index (χ0n) is 12.4. The van der Waals surface area contributed by atoms with E-state index in [1.807, 2.05) is 18.2 Å². The minimum absolute atomic E-state index is 0.181. The van der Waals surface area contributed by atoms with E-state index in [1.165, 1.54) is 23.5 Å². The highest BCUT2D eigenvalue weighted by atomic mass is 32.1. The van der Waals surface area contributed by atoms with Gasteiger partial charge in [0.15, 0.2) is 0 Å². The molecule has 0 spiro atoms. The van der Waals surface area contributed by atoms with Crippen LogP contribution in [0.4, 0.5) is 4.39 Å². The topological polar surface area (TPSA) is 54.9 Å². The quantitative estimate of drug-likeness (QED) is 0.797. The molecule has 0 aliphatic heterocycles. The maximum Gasteiger partial charge on any atom is 0.263 e. The van der Waals surface area contributed by atoms with Gasteiger partial charge in [0.25, 0.3) is 5.91 Å². The fraction of sp³-hybridized carbons (Fsp3) is 0.118. The molecule has 3 aromatic rings. The number of nitrogens with one attached hydrogen (secondary N) is 1. The number of carbonyl (C=O) groups excluding carboxylic acids is 1. The lowest BCUT2D eigenvalue weighted by Crippen LogP contribution is -2.23. The van der Waals surface area contributed by atoms with Crippen molar-refractivity contribution in [2.45, 2.75) is 13.5 Å². The summed E-state index contributed by atoms with van der Waals surface area (Å²) < 4.78 is 13.0. The number of aryl methyl sites for hydroxylation is 1. The molecule has 0 radical (unpaired) electrons. The first-order valence-corrected chi connectivity index (χ1v) is 7.86. The number of nitrogens with zero attached hydrogens (tertiary/aromatic N) is 2. The second kappa shape index (κ2) is 6.66. The van der Waals surface area contributed by atoms with Crippen LogP contribution in [0.1, 0.15) is 21.1 Å². The normalized spacial score (nSPS) is 10.5. The number of benzene rings is 1. The molecule has 0 fully saturated rings. The van der Waals surface area contributed by atoms with Crippen LogP contribution < -0.4 is 5.32 Å². The molecule has 23 heavy (non-hydrogen) atoms. The van der Waals surface area contributed by atoms with Gasteiger partial charge in [-0.1, -0.05) is 6.07 Å². The molecule has 0 aliphatic carbocycles. The Bertz CT molecular complexity index is 816. The monoisotopic (exact) mass is 327 g/mol. The molecule has 1 amide bonds. The number of thiazole rings is 1. The number of carbonyl (C=O) groups is 1. The molecule has 0 atom stereocenters. The Hall–Kier alpha value is -2.60. The largest absolute Gasteiger partial charge is 0.346 e. The molecule has 0 saturated carbocycles. The van der Waals surface area contributed by atoms with Crippen molar-refractivity contribution in [2.24, 2.45) is 0 Å². The summed E-state index contributed by atoms with van der Waals surface area (Å²) in [5.74, 6) is -0.477. The molecule has 6 heteroatoms. The molecule has 0 unspecified atom stereocenters. The van der Waals surface area contributed by atoms with Gasteiger partial charge in [0.1, 0.15) is 15.7 Å². The average molecular weight is 327 g/mol. The number of rotatable bonds is 4. The van der Waals surface area contributed by atoms with Crippen LogP contribution in [-0.2, 0) is 6.54 Å².